The third-order valence-electron chi connectivity index (χ3n) is 1.94. The fourth-order valence-electron chi connectivity index (χ4n) is 1.29. The second kappa shape index (κ2) is 6.30. The van der Waals surface area contributed by atoms with Gasteiger partial charge in [-0.1, -0.05) is 12.1 Å². The fourth-order valence-corrected chi connectivity index (χ4v) is 1.29. The highest BCUT2D eigenvalue weighted by Gasteiger charge is 2.03. The summed E-state index contributed by atoms with van der Waals surface area (Å²) < 4.78 is 5.69. The van der Waals surface area contributed by atoms with Crippen molar-refractivity contribution in [1.29, 1.82) is 0 Å². The molecule has 1 aromatic carbocycles. The van der Waals surface area contributed by atoms with Gasteiger partial charge in [0.1, 0.15) is 5.75 Å². The summed E-state index contributed by atoms with van der Waals surface area (Å²) in [4.78, 5) is 0. The van der Waals surface area contributed by atoms with Gasteiger partial charge in [-0.25, -0.2) is 0 Å². The first-order valence-corrected chi connectivity index (χ1v) is 5.38. The monoisotopic (exact) mass is 208 g/mol. The van der Waals surface area contributed by atoms with Gasteiger partial charge in [0.15, 0.2) is 0 Å². The van der Waals surface area contributed by atoms with E-state index in [2.05, 4.69) is 10.6 Å². The van der Waals surface area contributed by atoms with Gasteiger partial charge in [-0.2, -0.15) is 0 Å². The minimum absolute atomic E-state index is 0.206. The van der Waals surface area contributed by atoms with Crippen molar-refractivity contribution >= 4 is 5.69 Å². The molecule has 0 amide bonds. The molecular weight excluding hydrogens is 188 g/mol. The van der Waals surface area contributed by atoms with Crippen LogP contribution in [0.5, 0.6) is 5.75 Å². The van der Waals surface area contributed by atoms with Crippen LogP contribution in [0.25, 0.3) is 0 Å². The normalized spacial score (nSPS) is 10.4. The first-order valence-electron chi connectivity index (χ1n) is 5.38. The predicted octanol–water partition coefficient (Wildman–Crippen LogP) is 2.11. The van der Waals surface area contributed by atoms with E-state index in [-0.39, 0.29) is 6.10 Å². The Bertz CT molecular complexity index is 287. The lowest BCUT2D eigenvalue weighted by Gasteiger charge is -2.15. The molecule has 0 radical (unpaired) electrons. The topological polar surface area (TPSA) is 33.3 Å². The van der Waals surface area contributed by atoms with E-state index in [0.29, 0.717) is 0 Å². The van der Waals surface area contributed by atoms with Crippen LogP contribution in [-0.4, -0.2) is 26.2 Å². The maximum absolute atomic E-state index is 5.69. The van der Waals surface area contributed by atoms with Gasteiger partial charge in [0.05, 0.1) is 11.8 Å². The molecule has 15 heavy (non-hydrogen) atoms. The van der Waals surface area contributed by atoms with E-state index >= 15 is 0 Å². The second-order valence-electron chi connectivity index (χ2n) is 3.69. The summed E-state index contributed by atoms with van der Waals surface area (Å²) in [6, 6.07) is 8.02. The summed E-state index contributed by atoms with van der Waals surface area (Å²) in [7, 11) is 1.94. The molecule has 1 rings (SSSR count). The van der Waals surface area contributed by atoms with Crippen LogP contribution in [0, 0.1) is 0 Å². The third-order valence-corrected chi connectivity index (χ3v) is 1.94. The summed E-state index contributed by atoms with van der Waals surface area (Å²) in [5, 5.41) is 6.43. The Labute approximate surface area is 91.8 Å². The summed E-state index contributed by atoms with van der Waals surface area (Å²) in [6.07, 6.45) is 0.206. The molecule has 0 saturated heterocycles. The van der Waals surface area contributed by atoms with Crippen molar-refractivity contribution in [2.24, 2.45) is 0 Å². The lowest BCUT2D eigenvalue weighted by molar-refractivity contribution is 0.243. The van der Waals surface area contributed by atoms with Gasteiger partial charge in [0.2, 0.25) is 0 Å². The standard InChI is InChI=1S/C12H20N2O/c1-10(2)15-12-7-5-4-6-11(12)14-9-8-13-3/h4-7,10,13-14H,8-9H2,1-3H3. The Balaban J connectivity index is 2.60. The van der Waals surface area contributed by atoms with E-state index in [9.17, 15) is 0 Å². The molecule has 3 nitrogen and oxygen atoms in total. The molecule has 0 unspecified atom stereocenters. The highest BCUT2D eigenvalue weighted by Crippen LogP contribution is 2.24. The second-order valence-corrected chi connectivity index (χ2v) is 3.69. The van der Waals surface area contributed by atoms with E-state index in [1.807, 2.05) is 45.2 Å². The van der Waals surface area contributed by atoms with Gasteiger partial charge >= 0.3 is 0 Å². The molecule has 0 aliphatic carbocycles. The van der Waals surface area contributed by atoms with E-state index in [1.165, 1.54) is 0 Å². The summed E-state index contributed by atoms with van der Waals surface area (Å²) >= 11 is 0. The van der Waals surface area contributed by atoms with Crippen LogP contribution in [-0.2, 0) is 0 Å². The van der Waals surface area contributed by atoms with Gasteiger partial charge in [-0.15, -0.1) is 0 Å². The van der Waals surface area contributed by atoms with Crippen molar-refractivity contribution in [1.82, 2.24) is 5.32 Å². The van der Waals surface area contributed by atoms with E-state index in [0.717, 1.165) is 24.5 Å². The molecule has 0 spiro atoms. The highest BCUT2D eigenvalue weighted by molar-refractivity contribution is 5.56. The minimum atomic E-state index is 0.206. The zero-order chi connectivity index (χ0) is 11.1. The molecule has 0 saturated carbocycles. The SMILES string of the molecule is CNCCNc1ccccc1OC(C)C. The van der Waals surface area contributed by atoms with Gasteiger partial charge < -0.3 is 15.4 Å². The lowest BCUT2D eigenvalue weighted by Crippen LogP contribution is -2.18. The highest BCUT2D eigenvalue weighted by atomic mass is 16.5. The number of benzene rings is 1. The number of para-hydroxylation sites is 2. The quantitative estimate of drug-likeness (QED) is 0.702. The van der Waals surface area contributed by atoms with E-state index < -0.39 is 0 Å². The van der Waals surface area contributed by atoms with Gasteiger partial charge in [-0.05, 0) is 33.0 Å². The number of rotatable bonds is 6. The minimum Gasteiger partial charge on any atom is -0.489 e. The van der Waals surface area contributed by atoms with Crippen molar-refractivity contribution in [2.75, 3.05) is 25.5 Å². The Kier molecular flexibility index (Phi) is 4.98. The maximum Gasteiger partial charge on any atom is 0.142 e. The van der Waals surface area contributed by atoms with Gasteiger partial charge in [0.25, 0.3) is 0 Å². The summed E-state index contributed by atoms with van der Waals surface area (Å²) in [5.41, 5.74) is 1.06. The van der Waals surface area contributed by atoms with Gasteiger partial charge in [-0.3, -0.25) is 0 Å². The van der Waals surface area contributed by atoms with Crippen molar-refractivity contribution in [3.63, 3.8) is 0 Å². The molecule has 2 N–H and O–H groups in total. The number of likely N-dealkylation sites (N-methyl/N-ethyl adjacent to an activating group) is 1. The molecule has 0 fully saturated rings. The number of hydrogen-bond acceptors (Lipinski definition) is 3. The molecule has 0 heterocycles. The molecule has 0 aliphatic heterocycles. The zero-order valence-corrected chi connectivity index (χ0v) is 9.71. The first-order chi connectivity index (χ1) is 7.24. The van der Waals surface area contributed by atoms with Crippen LogP contribution in [0.4, 0.5) is 5.69 Å². The maximum atomic E-state index is 5.69. The Morgan fingerprint density at radius 2 is 1.93 bits per heavy atom. The fraction of sp³-hybridized carbons (Fsp3) is 0.500. The van der Waals surface area contributed by atoms with E-state index in [4.69, 9.17) is 4.74 Å². The summed E-state index contributed by atoms with van der Waals surface area (Å²) in [5.74, 6) is 0.920. The molecule has 1 aromatic rings. The van der Waals surface area contributed by atoms with Crippen LogP contribution in [0.2, 0.25) is 0 Å². The number of anilines is 1. The largest absolute Gasteiger partial charge is 0.489 e. The molecule has 0 atom stereocenters. The Morgan fingerprint density at radius 1 is 1.20 bits per heavy atom. The van der Waals surface area contributed by atoms with Crippen molar-refractivity contribution in [3.8, 4) is 5.75 Å². The zero-order valence-electron chi connectivity index (χ0n) is 9.71. The number of ether oxygens (including phenoxy) is 1. The van der Waals surface area contributed by atoms with Crippen LogP contribution in [0.3, 0.4) is 0 Å². The van der Waals surface area contributed by atoms with Crippen molar-refractivity contribution in [2.45, 2.75) is 20.0 Å². The van der Waals surface area contributed by atoms with Gasteiger partial charge in [0, 0.05) is 13.1 Å². The van der Waals surface area contributed by atoms with Crippen LogP contribution in [0.15, 0.2) is 24.3 Å². The number of nitrogens with one attached hydrogen (secondary N) is 2. The van der Waals surface area contributed by atoms with Crippen LogP contribution in [0.1, 0.15) is 13.8 Å². The van der Waals surface area contributed by atoms with E-state index in [1.54, 1.807) is 0 Å². The smallest absolute Gasteiger partial charge is 0.142 e. The van der Waals surface area contributed by atoms with Crippen LogP contribution < -0.4 is 15.4 Å². The Hall–Kier alpha value is -1.22. The molecule has 0 aromatic heterocycles. The molecule has 84 valence electrons. The number of hydrogen-bond donors (Lipinski definition) is 2. The average molecular weight is 208 g/mol. The van der Waals surface area contributed by atoms with Crippen molar-refractivity contribution in [3.05, 3.63) is 24.3 Å². The van der Waals surface area contributed by atoms with Crippen molar-refractivity contribution < 1.29 is 4.74 Å². The molecule has 3 heteroatoms. The Morgan fingerprint density at radius 3 is 2.60 bits per heavy atom. The molecule has 0 aliphatic rings. The lowest BCUT2D eigenvalue weighted by atomic mass is 10.3. The third kappa shape index (κ3) is 4.21. The molecule has 0 bridgehead atoms. The summed E-state index contributed by atoms with van der Waals surface area (Å²) in [6.45, 7) is 5.90. The predicted molar refractivity (Wildman–Crippen MR) is 64.6 cm³/mol. The van der Waals surface area contributed by atoms with Crippen LogP contribution >= 0.6 is 0 Å². The average Bonchev–Trinajstić information content (AvgIpc) is 2.20. The molecular formula is C12H20N2O. The first kappa shape index (κ1) is 11.9.